The van der Waals surface area contributed by atoms with E-state index in [4.69, 9.17) is 15.1 Å². The molecule has 0 radical (unpaired) electrons. The first-order valence-electron chi connectivity index (χ1n) is 16.0. The Morgan fingerprint density at radius 1 is 1.09 bits per heavy atom. The molecule has 0 aliphatic carbocycles. The van der Waals surface area contributed by atoms with E-state index in [0.717, 1.165) is 28.9 Å². The van der Waals surface area contributed by atoms with E-state index in [0.29, 0.717) is 24.3 Å². The highest BCUT2D eigenvalue weighted by atomic mass is 16.5. The first-order valence-corrected chi connectivity index (χ1v) is 16.0. The Labute approximate surface area is 275 Å². The average molecular weight is 622 g/mol. The van der Waals surface area contributed by atoms with Crippen LogP contribution in [0.2, 0.25) is 0 Å². The quantitative estimate of drug-likeness (QED) is 0.172. The summed E-state index contributed by atoms with van der Waals surface area (Å²) >= 11 is 0. The van der Waals surface area contributed by atoms with Crippen molar-refractivity contribution in [1.82, 2.24) is 9.88 Å². The molecule has 0 aliphatic rings. The van der Waals surface area contributed by atoms with Gasteiger partial charge in [-0.1, -0.05) is 63.6 Å². The van der Waals surface area contributed by atoms with E-state index in [1.54, 1.807) is 19.2 Å². The summed E-state index contributed by atoms with van der Waals surface area (Å²) in [6.45, 7) is 27.1. The summed E-state index contributed by atoms with van der Waals surface area (Å²) in [6.07, 6.45) is 11.9. The fourth-order valence-corrected chi connectivity index (χ4v) is 3.04. The molecule has 0 fully saturated rings. The molecule has 0 atom stereocenters. The van der Waals surface area contributed by atoms with E-state index < -0.39 is 0 Å². The molecule has 0 unspecified atom stereocenters. The number of hydrogen-bond acceptors (Lipinski definition) is 6. The number of allylic oxidation sites excluding steroid dienone is 5. The minimum atomic E-state index is 0.0313. The highest BCUT2D eigenvalue weighted by molar-refractivity contribution is 5.65. The fourth-order valence-electron chi connectivity index (χ4n) is 3.04. The van der Waals surface area contributed by atoms with Gasteiger partial charge in [0.15, 0.2) is 5.49 Å². The lowest BCUT2D eigenvalue weighted by Gasteiger charge is -2.14. The molecule has 2 rings (SSSR count). The Kier molecular flexibility index (Phi) is 30.3. The van der Waals surface area contributed by atoms with Gasteiger partial charge >= 0.3 is 0 Å². The van der Waals surface area contributed by atoms with Crippen molar-refractivity contribution < 1.29 is 9.84 Å². The molecule has 2 aromatic rings. The van der Waals surface area contributed by atoms with Crippen molar-refractivity contribution >= 4 is 17.6 Å². The summed E-state index contributed by atoms with van der Waals surface area (Å²) in [7, 11) is 3.70. The number of pyridine rings is 1. The molecule has 3 N–H and O–H groups in total. The summed E-state index contributed by atoms with van der Waals surface area (Å²) in [5.41, 5.74) is 6.90. The summed E-state index contributed by atoms with van der Waals surface area (Å²) in [5.74, 6) is 0.587. The third kappa shape index (κ3) is 21.3. The lowest BCUT2D eigenvalue weighted by molar-refractivity contribution is 0.241. The lowest BCUT2D eigenvalue weighted by Crippen LogP contribution is -2.19. The number of anilines is 1. The van der Waals surface area contributed by atoms with Crippen molar-refractivity contribution in [2.24, 2.45) is 4.99 Å². The van der Waals surface area contributed by atoms with Crippen LogP contribution < -0.4 is 20.9 Å². The number of aromatic nitrogens is 1. The van der Waals surface area contributed by atoms with Gasteiger partial charge in [0.05, 0.1) is 17.4 Å². The smallest absolute Gasteiger partial charge is 0.155 e. The highest BCUT2D eigenvalue weighted by Crippen LogP contribution is 2.23. The van der Waals surface area contributed by atoms with Crippen LogP contribution in [0.15, 0.2) is 77.5 Å². The molecule has 0 spiro atoms. The predicted octanol–water partition coefficient (Wildman–Crippen LogP) is 9.20. The molecule has 7 heteroatoms. The van der Waals surface area contributed by atoms with Gasteiger partial charge in [-0.05, 0) is 97.2 Å². The topological polar surface area (TPSA) is 94.6 Å². The number of rotatable bonds is 11. The van der Waals surface area contributed by atoms with E-state index in [-0.39, 0.29) is 12.7 Å². The second-order valence-electron chi connectivity index (χ2n) is 9.79. The average Bonchev–Trinajstić information content (AvgIpc) is 3.05. The van der Waals surface area contributed by atoms with Gasteiger partial charge in [-0.25, -0.2) is 0 Å². The number of aliphatic hydroxyl groups is 1. The van der Waals surface area contributed by atoms with Crippen molar-refractivity contribution in [2.45, 2.75) is 95.1 Å². The second-order valence-corrected chi connectivity index (χ2v) is 9.79. The number of nitriles is 1. The molecule has 0 bridgehead atoms. The predicted molar refractivity (Wildman–Crippen MR) is 198 cm³/mol. The molecule has 0 amide bonds. The number of nitrogens with zero attached hydrogens (tertiary/aromatic N) is 3. The molecule has 0 aliphatic heterocycles. The Morgan fingerprint density at radius 2 is 1.71 bits per heavy atom. The largest absolute Gasteiger partial charge is 0.490 e. The van der Waals surface area contributed by atoms with Crippen LogP contribution >= 0.6 is 0 Å². The van der Waals surface area contributed by atoms with E-state index >= 15 is 0 Å². The summed E-state index contributed by atoms with van der Waals surface area (Å²) < 4.78 is 7.57. The molecule has 252 valence electrons. The number of benzene rings is 1. The van der Waals surface area contributed by atoms with Crippen LogP contribution in [0.1, 0.15) is 100 Å². The van der Waals surface area contributed by atoms with Crippen LogP contribution in [0.5, 0.6) is 5.75 Å². The standard InChI is InChI=1S/C15H20N2O2.C13H19N3.C6H12.2C2H6/c1-11(2)19-15-6-5-13(9-14(15)10-16)12(3)17-7-4-8-18;1-4-5-6-7-10-16-11-8-9-12(14-2)13(16)15-3;1-5(2)6(3)4;2*1-2/h5-6,9,11,17-18H,3-4,7-8H2,1-2H3;4-5,7-11,14H,6H2,1-3H3;1-4H3;2*1-2H3/b;5-4-,10-7+,15-13?;;;. The second kappa shape index (κ2) is 30.0. The first kappa shape index (κ1) is 45.4. The van der Waals surface area contributed by atoms with Crippen LogP contribution in [0.25, 0.3) is 11.9 Å². The molecule has 7 nitrogen and oxygen atoms in total. The van der Waals surface area contributed by atoms with Crippen LogP contribution in [-0.2, 0) is 0 Å². The van der Waals surface area contributed by atoms with E-state index in [2.05, 4.69) is 68.1 Å². The molecule has 45 heavy (non-hydrogen) atoms. The van der Waals surface area contributed by atoms with Gasteiger partial charge in [-0.15, -0.1) is 0 Å². The Balaban J connectivity index is -0.000000612. The van der Waals surface area contributed by atoms with Crippen molar-refractivity contribution in [1.29, 1.82) is 5.26 Å². The monoisotopic (exact) mass is 621 g/mol. The SMILES string of the molecule is C/C=C\C/C=C/n1cccc(NC)c1=NC.C=C(NCCCO)c1ccc(OC(C)C)c(C#N)c1.CC.CC.CC(C)=C(C)C. The normalized spacial score (nSPS) is 10.1. The van der Waals surface area contributed by atoms with Crippen LogP contribution in [0.3, 0.4) is 0 Å². The zero-order valence-electron chi connectivity index (χ0n) is 30.6. The molecule has 0 saturated heterocycles. The Bertz CT molecular complexity index is 1240. The highest BCUT2D eigenvalue weighted by Gasteiger charge is 2.08. The summed E-state index contributed by atoms with van der Waals surface area (Å²) in [5, 5.41) is 24.1. The third-order valence-corrected chi connectivity index (χ3v) is 5.73. The summed E-state index contributed by atoms with van der Waals surface area (Å²) in [6, 6.07) is 11.6. The van der Waals surface area contributed by atoms with Crippen molar-refractivity contribution in [3.8, 4) is 11.8 Å². The van der Waals surface area contributed by atoms with Gasteiger partial charge in [0.2, 0.25) is 0 Å². The maximum Gasteiger partial charge on any atom is 0.155 e. The van der Waals surface area contributed by atoms with Gasteiger partial charge in [0.1, 0.15) is 11.8 Å². The van der Waals surface area contributed by atoms with Crippen molar-refractivity contribution in [3.63, 3.8) is 0 Å². The molecular weight excluding hydrogens is 558 g/mol. The minimum Gasteiger partial charge on any atom is -0.490 e. The number of aliphatic hydroxyl groups excluding tert-OH is 1. The lowest BCUT2D eigenvalue weighted by atomic mass is 10.1. The summed E-state index contributed by atoms with van der Waals surface area (Å²) in [4.78, 5) is 4.27. The zero-order valence-corrected chi connectivity index (χ0v) is 30.6. The van der Waals surface area contributed by atoms with Crippen molar-refractivity contribution in [2.75, 3.05) is 32.6 Å². The number of hydrogen-bond donors (Lipinski definition) is 3. The first-order chi connectivity index (χ1) is 21.6. The van der Waals surface area contributed by atoms with Gasteiger partial charge in [0, 0.05) is 45.3 Å². The minimum absolute atomic E-state index is 0.0313. The molecule has 1 aromatic heterocycles. The van der Waals surface area contributed by atoms with E-state index in [1.165, 1.54) is 11.1 Å². The van der Waals surface area contributed by atoms with Crippen molar-refractivity contribution in [3.05, 3.63) is 89.1 Å². The third-order valence-electron chi connectivity index (χ3n) is 5.73. The molecule has 0 saturated carbocycles. The van der Waals surface area contributed by atoms with Gasteiger partial charge in [-0.3, -0.25) is 4.99 Å². The van der Waals surface area contributed by atoms with E-state index in [1.807, 2.05) is 96.8 Å². The maximum atomic E-state index is 9.14. The Hall–Kier alpha value is -4.02. The van der Waals surface area contributed by atoms with Crippen LogP contribution in [0, 0.1) is 11.3 Å². The van der Waals surface area contributed by atoms with E-state index in [9.17, 15) is 0 Å². The zero-order chi connectivity index (χ0) is 35.2. The van der Waals surface area contributed by atoms with Crippen LogP contribution in [-0.4, -0.2) is 43.0 Å². The molecule has 1 heterocycles. The van der Waals surface area contributed by atoms with Gasteiger partial charge in [0.25, 0.3) is 0 Å². The van der Waals surface area contributed by atoms with Gasteiger partial charge in [-0.2, -0.15) is 5.26 Å². The Morgan fingerprint density at radius 3 is 2.18 bits per heavy atom. The number of nitrogens with one attached hydrogen (secondary N) is 2. The maximum absolute atomic E-state index is 9.14. The fraction of sp³-hybridized carbons (Fsp3) is 0.474. The number of ether oxygens (including phenoxy) is 1. The molecular formula is C38H63N5O2. The molecule has 1 aromatic carbocycles. The van der Waals surface area contributed by atoms with Crippen LogP contribution in [0.4, 0.5) is 5.69 Å². The van der Waals surface area contributed by atoms with Gasteiger partial charge < -0.3 is 25.0 Å².